The van der Waals surface area contributed by atoms with Gasteiger partial charge in [-0.1, -0.05) is 12.1 Å². The van der Waals surface area contributed by atoms with Crippen molar-refractivity contribution in [2.75, 3.05) is 37.6 Å². The van der Waals surface area contributed by atoms with Crippen LogP contribution in [0.1, 0.15) is 32.3 Å². The smallest absolute Gasteiger partial charge is 0.242 e. The second-order valence-corrected chi connectivity index (χ2v) is 10.3. The number of anilines is 1. The summed E-state index contributed by atoms with van der Waals surface area (Å²) >= 11 is 0. The Kier molecular flexibility index (Phi) is 9.03. The number of likely N-dealkylation sites (N-methyl/N-ethyl adjacent to an activating group) is 1. The lowest BCUT2D eigenvalue weighted by Gasteiger charge is -2.29. The molecule has 196 valence electrons. The molecule has 36 heavy (non-hydrogen) atoms. The van der Waals surface area contributed by atoms with Gasteiger partial charge in [0.15, 0.2) is 11.5 Å². The van der Waals surface area contributed by atoms with Gasteiger partial charge < -0.3 is 24.4 Å². The van der Waals surface area contributed by atoms with Crippen molar-refractivity contribution in [2.24, 2.45) is 0 Å². The van der Waals surface area contributed by atoms with Crippen molar-refractivity contribution in [3.63, 3.8) is 0 Å². The standard InChI is InChI=1S/C25H33N3O7S/c1-5-26-25(30)18(2)27(16-19-8-6-9-21(14-19)33-3)24(29)10-7-13-28(36(4,31)32)20-11-12-22-23(15-20)35-17-34-22/h6,8-9,11-12,14-15,18H,5,7,10,13,16-17H2,1-4H3,(H,26,30)/t18-/m1/s1. The van der Waals surface area contributed by atoms with E-state index in [1.165, 1.54) is 9.21 Å². The molecule has 3 rings (SSSR count). The number of hydrogen-bond acceptors (Lipinski definition) is 7. The van der Waals surface area contributed by atoms with Gasteiger partial charge in [0.05, 0.1) is 19.1 Å². The molecule has 0 fully saturated rings. The molecule has 11 heteroatoms. The van der Waals surface area contributed by atoms with Crippen LogP contribution in [0, 0.1) is 0 Å². The maximum absolute atomic E-state index is 13.3. The van der Waals surface area contributed by atoms with Crippen LogP contribution in [0.25, 0.3) is 0 Å². The number of rotatable bonds is 12. The van der Waals surface area contributed by atoms with Crippen LogP contribution in [0.15, 0.2) is 42.5 Å². The minimum absolute atomic E-state index is 0.0598. The molecule has 1 atom stereocenters. The third kappa shape index (κ3) is 6.81. The summed E-state index contributed by atoms with van der Waals surface area (Å²) in [6.07, 6.45) is 1.44. The van der Waals surface area contributed by atoms with Crippen molar-refractivity contribution in [1.29, 1.82) is 0 Å². The summed E-state index contributed by atoms with van der Waals surface area (Å²) < 4.78 is 42.2. The van der Waals surface area contributed by atoms with Crippen LogP contribution in [-0.2, 0) is 26.2 Å². The van der Waals surface area contributed by atoms with Crippen LogP contribution in [-0.4, -0.2) is 64.4 Å². The first-order valence-corrected chi connectivity index (χ1v) is 13.6. The summed E-state index contributed by atoms with van der Waals surface area (Å²) in [5.41, 5.74) is 1.25. The summed E-state index contributed by atoms with van der Waals surface area (Å²) in [6.45, 7) is 4.33. The average molecular weight is 520 g/mol. The maximum Gasteiger partial charge on any atom is 0.242 e. The number of nitrogens with one attached hydrogen (secondary N) is 1. The molecule has 0 spiro atoms. The fraction of sp³-hybridized carbons (Fsp3) is 0.440. The molecule has 0 aromatic heterocycles. The topological polar surface area (TPSA) is 114 Å². The molecule has 0 radical (unpaired) electrons. The molecule has 0 unspecified atom stereocenters. The van der Waals surface area contributed by atoms with E-state index in [-0.39, 0.29) is 44.5 Å². The first kappa shape index (κ1) is 27.1. The Morgan fingerprint density at radius 1 is 1.14 bits per heavy atom. The molecular weight excluding hydrogens is 486 g/mol. The molecule has 1 aliphatic heterocycles. The Hall–Kier alpha value is -3.47. The highest BCUT2D eigenvalue weighted by atomic mass is 32.2. The fourth-order valence-electron chi connectivity index (χ4n) is 3.92. The van der Waals surface area contributed by atoms with Gasteiger partial charge in [-0.3, -0.25) is 13.9 Å². The number of sulfonamides is 1. The molecular formula is C25H33N3O7S. The zero-order valence-electron chi connectivity index (χ0n) is 21.0. The molecule has 0 bridgehead atoms. The van der Waals surface area contributed by atoms with Crippen molar-refractivity contribution in [3.8, 4) is 17.2 Å². The zero-order chi connectivity index (χ0) is 26.3. The molecule has 2 aromatic carbocycles. The van der Waals surface area contributed by atoms with Gasteiger partial charge in [-0.05, 0) is 50.1 Å². The lowest BCUT2D eigenvalue weighted by molar-refractivity contribution is -0.140. The fourth-order valence-corrected chi connectivity index (χ4v) is 4.87. The predicted molar refractivity (Wildman–Crippen MR) is 136 cm³/mol. The first-order valence-electron chi connectivity index (χ1n) is 11.7. The molecule has 0 saturated heterocycles. The number of ether oxygens (including phenoxy) is 3. The van der Waals surface area contributed by atoms with Gasteiger partial charge in [0, 0.05) is 32.1 Å². The van der Waals surface area contributed by atoms with Crippen LogP contribution >= 0.6 is 0 Å². The first-order chi connectivity index (χ1) is 17.1. The third-order valence-corrected chi connectivity index (χ3v) is 7.00. The van der Waals surface area contributed by atoms with E-state index in [4.69, 9.17) is 14.2 Å². The van der Waals surface area contributed by atoms with Gasteiger partial charge in [0.1, 0.15) is 11.8 Å². The van der Waals surface area contributed by atoms with Crippen LogP contribution in [0.3, 0.4) is 0 Å². The molecule has 1 N–H and O–H groups in total. The Labute approximate surface area is 212 Å². The van der Waals surface area contributed by atoms with E-state index in [0.717, 1.165) is 11.8 Å². The van der Waals surface area contributed by atoms with Gasteiger partial charge in [-0.25, -0.2) is 8.42 Å². The summed E-state index contributed by atoms with van der Waals surface area (Å²) in [5.74, 6) is 1.16. The van der Waals surface area contributed by atoms with E-state index < -0.39 is 16.1 Å². The van der Waals surface area contributed by atoms with Crippen molar-refractivity contribution >= 4 is 27.5 Å². The number of hydrogen-bond donors (Lipinski definition) is 1. The molecule has 1 heterocycles. The SMILES string of the molecule is CCNC(=O)[C@@H](C)N(Cc1cccc(OC)c1)C(=O)CCCN(c1ccc2c(c1)OCO2)S(C)(=O)=O. The Balaban J connectivity index is 1.73. The third-order valence-electron chi connectivity index (χ3n) is 5.80. The maximum atomic E-state index is 13.3. The number of amides is 2. The number of carbonyl (C=O) groups excluding carboxylic acids is 2. The largest absolute Gasteiger partial charge is 0.497 e. The molecule has 2 amide bonds. The Bertz CT molecular complexity index is 1190. The number of carbonyl (C=O) groups is 2. The van der Waals surface area contributed by atoms with Gasteiger partial charge in [0.25, 0.3) is 0 Å². The summed E-state index contributed by atoms with van der Waals surface area (Å²) in [6, 6.07) is 11.5. The summed E-state index contributed by atoms with van der Waals surface area (Å²) in [4.78, 5) is 27.3. The molecule has 0 aliphatic carbocycles. The lowest BCUT2D eigenvalue weighted by Crippen LogP contribution is -2.47. The van der Waals surface area contributed by atoms with E-state index in [2.05, 4.69) is 5.32 Å². The molecule has 1 aliphatic rings. The van der Waals surface area contributed by atoms with Crippen LogP contribution in [0.2, 0.25) is 0 Å². The average Bonchev–Trinajstić information content (AvgIpc) is 3.32. The van der Waals surface area contributed by atoms with Crippen molar-refractivity contribution in [1.82, 2.24) is 10.2 Å². The Morgan fingerprint density at radius 3 is 2.58 bits per heavy atom. The molecule has 2 aromatic rings. The van der Waals surface area contributed by atoms with Crippen molar-refractivity contribution in [2.45, 2.75) is 39.3 Å². The second-order valence-electron chi connectivity index (χ2n) is 8.42. The predicted octanol–water partition coefficient (Wildman–Crippen LogP) is 2.52. The van der Waals surface area contributed by atoms with E-state index in [9.17, 15) is 18.0 Å². The molecule has 0 saturated carbocycles. The number of methoxy groups -OCH3 is 1. The summed E-state index contributed by atoms with van der Waals surface area (Å²) in [5, 5.41) is 2.76. The number of fused-ring (bicyclic) bond motifs is 1. The highest BCUT2D eigenvalue weighted by Gasteiger charge is 2.27. The normalized spacial score (nSPS) is 13.1. The Morgan fingerprint density at radius 2 is 1.89 bits per heavy atom. The molecule has 10 nitrogen and oxygen atoms in total. The lowest BCUT2D eigenvalue weighted by atomic mass is 10.1. The van der Waals surface area contributed by atoms with Gasteiger partial charge in [-0.15, -0.1) is 0 Å². The van der Waals surface area contributed by atoms with Crippen molar-refractivity contribution in [3.05, 3.63) is 48.0 Å². The monoisotopic (exact) mass is 519 g/mol. The number of nitrogens with zero attached hydrogens (tertiary/aromatic N) is 2. The minimum Gasteiger partial charge on any atom is -0.497 e. The van der Waals surface area contributed by atoms with E-state index in [1.807, 2.05) is 25.1 Å². The van der Waals surface area contributed by atoms with Gasteiger partial charge in [0.2, 0.25) is 28.6 Å². The second kappa shape index (κ2) is 12.0. The van der Waals surface area contributed by atoms with Crippen LogP contribution < -0.4 is 23.8 Å². The highest BCUT2D eigenvalue weighted by molar-refractivity contribution is 7.92. The van der Waals surface area contributed by atoms with E-state index in [0.29, 0.717) is 29.5 Å². The highest BCUT2D eigenvalue weighted by Crippen LogP contribution is 2.36. The van der Waals surface area contributed by atoms with Crippen LogP contribution in [0.5, 0.6) is 17.2 Å². The van der Waals surface area contributed by atoms with Crippen molar-refractivity contribution < 1.29 is 32.2 Å². The van der Waals surface area contributed by atoms with E-state index in [1.54, 1.807) is 38.3 Å². The van der Waals surface area contributed by atoms with E-state index >= 15 is 0 Å². The van der Waals surface area contributed by atoms with Gasteiger partial charge >= 0.3 is 0 Å². The van der Waals surface area contributed by atoms with Crippen LogP contribution in [0.4, 0.5) is 5.69 Å². The number of benzene rings is 2. The quantitative estimate of drug-likeness (QED) is 0.458. The minimum atomic E-state index is -3.61. The zero-order valence-corrected chi connectivity index (χ0v) is 21.8. The van der Waals surface area contributed by atoms with Gasteiger partial charge in [-0.2, -0.15) is 0 Å². The summed E-state index contributed by atoms with van der Waals surface area (Å²) in [7, 11) is -2.05.